The average Bonchev–Trinajstić information content (AvgIpc) is 2.94. The van der Waals surface area contributed by atoms with E-state index >= 15 is 0 Å². The van der Waals surface area contributed by atoms with E-state index in [-0.39, 0.29) is 5.82 Å². The SMILES string of the molecule is Fc1ccc(-c2ccc(N3CCCC3)nc2)cc1. The number of nitrogens with zero attached hydrogens (tertiary/aromatic N) is 2. The lowest BCUT2D eigenvalue weighted by atomic mass is 10.1. The zero-order chi connectivity index (χ0) is 12.4. The highest BCUT2D eigenvalue weighted by Gasteiger charge is 2.13. The topological polar surface area (TPSA) is 16.1 Å². The molecule has 3 heteroatoms. The Morgan fingerprint density at radius 2 is 1.56 bits per heavy atom. The van der Waals surface area contributed by atoms with Crippen LogP contribution in [0.3, 0.4) is 0 Å². The molecule has 3 rings (SSSR count). The molecular formula is C15H15FN2. The summed E-state index contributed by atoms with van der Waals surface area (Å²) >= 11 is 0. The molecule has 18 heavy (non-hydrogen) atoms. The Labute approximate surface area is 106 Å². The standard InChI is InChI=1S/C15H15FN2/c16-14-6-3-12(4-7-14)13-5-8-15(17-11-13)18-9-1-2-10-18/h3-8,11H,1-2,9-10H2. The van der Waals surface area contributed by atoms with E-state index in [1.165, 1.54) is 25.0 Å². The van der Waals surface area contributed by atoms with Gasteiger partial charge in [-0.15, -0.1) is 0 Å². The van der Waals surface area contributed by atoms with Gasteiger partial charge in [0.2, 0.25) is 0 Å². The fourth-order valence-corrected chi connectivity index (χ4v) is 2.33. The minimum absolute atomic E-state index is 0.208. The van der Waals surface area contributed by atoms with Gasteiger partial charge in [-0.25, -0.2) is 9.37 Å². The first kappa shape index (κ1) is 11.2. The molecule has 1 aromatic heterocycles. The van der Waals surface area contributed by atoms with Crippen molar-refractivity contribution < 1.29 is 4.39 Å². The quantitative estimate of drug-likeness (QED) is 0.801. The van der Waals surface area contributed by atoms with E-state index in [4.69, 9.17) is 0 Å². The summed E-state index contributed by atoms with van der Waals surface area (Å²) in [7, 11) is 0. The Morgan fingerprint density at radius 3 is 2.17 bits per heavy atom. The molecule has 0 amide bonds. The Bertz CT molecular complexity index is 513. The molecule has 0 bridgehead atoms. The first-order valence-corrected chi connectivity index (χ1v) is 6.30. The van der Waals surface area contributed by atoms with Crippen LogP contribution in [0.25, 0.3) is 11.1 Å². The van der Waals surface area contributed by atoms with E-state index in [1.54, 1.807) is 12.1 Å². The molecule has 1 aromatic carbocycles. The fraction of sp³-hybridized carbons (Fsp3) is 0.267. The van der Waals surface area contributed by atoms with E-state index in [2.05, 4.69) is 9.88 Å². The van der Waals surface area contributed by atoms with Crippen LogP contribution in [0.2, 0.25) is 0 Å². The normalized spacial score (nSPS) is 15.1. The summed E-state index contributed by atoms with van der Waals surface area (Å²) in [6, 6.07) is 10.6. The fourth-order valence-electron chi connectivity index (χ4n) is 2.33. The van der Waals surface area contributed by atoms with E-state index in [0.717, 1.165) is 30.0 Å². The molecule has 0 atom stereocenters. The zero-order valence-electron chi connectivity index (χ0n) is 10.1. The van der Waals surface area contributed by atoms with Gasteiger partial charge < -0.3 is 4.90 Å². The smallest absolute Gasteiger partial charge is 0.128 e. The summed E-state index contributed by atoms with van der Waals surface area (Å²) in [6.45, 7) is 2.20. The number of rotatable bonds is 2. The van der Waals surface area contributed by atoms with Crippen LogP contribution >= 0.6 is 0 Å². The molecule has 92 valence electrons. The van der Waals surface area contributed by atoms with Gasteiger partial charge in [-0.05, 0) is 42.7 Å². The lowest BCUT2D eigenvalue weighted by molar-refractivity contribution is 0.628. The van der Waals surface area contributed by atoms with Gasteiger partial charge in [0.1, 0.15) is 11.6 Å². The van der Waals surface area contributed by atoms with Crippen molar-refractivity contribution in [2.45, 2.75) is 12.8 Å². The molecule has 0 radical (unpaired) electrons. The van der Waals surface area contributed by atoms with Crippen LogP contribution in [0.15, 0.2) is 42.6 Å². The summed E-state index contributed by atoms with van der Waals surface area (Å²) in [4.78, 5) is 6.79. The second-order valence-corrected chi connectivity index (χ2v) is 4.61. The summed E-state index contributed by atoms with van der Waals surface area (Å²) in [6.07, 6.45) is 4.36. The predicted molar refractivity (Wildman–Crippen MR) is 71.1 cm³/mol. The summed E-state index contributed by atoms with van der Waals surface area (Å²) in [5.41, 5.74) is 2.02. The van der Waals surface area contributed by atoms with Crippen molar-refractivity contribution in [3.8, 4) is 11.1 Å². The summed E-state index contributed by atoms with van der Waals surface area (Å²) in [5.74, 6) is 0.832. The van der Waals surface area contributed by atoms with Gasteiger partial charge in [0, 0.05) is 24.8 Å². The molecule has 2 nitrogen and oxygen atoms in total. The number of hydrogen-bond donors (Lipinski definition) is 0. The van der Waals surface area contributed by atoms with Crippen molar-refractivity contribution in [3.05, 3.63) is 48.4 Å². The van der Waals surface area contributed by atoms with Crippen molar-refractivity contribution in [3.63, 3.8) is 0 Å². The van der Waals surface area contributed by atoms with Crippen LogP contribution in [0.1, 0.15) is 12.8 Å². The lowest BCUT2D eigenvalue weighted by Crippen LogP contribution is -2.18. The number of halogens is 1. The molecule has 2 heterocycles. The molecular weight excluding hydrogens is 227 g/mol. The lowest BCUT2D eigenvalue weighted by Gasteiger charge is -2.16. The third-order valence-corrected chi connectivity index (χ3v) is 3.36. The minimum Gasteiger partial charge on any atom is -0.357 e. The van der Waals surface area contributed by atoms with Gasteiger partial charge in [-0.3, -0.25) is 0 Å². The van der Waals surface area contributed by atoms with E-state index in [0.29, 0.717) is 0 Å². The van der Waals surface area contributed by atoms with Gasteiger partial charge in [0.15, 0.2) is 0 Å². The molecule has 2 aromatic rings. The monoisotopic (exact) mass is 242 g/mol. The third kappa shape index (κ3) is 2.21. The zero-order valence-corrected chi connectivity index (χ0v) is 10.1. The molecule has 1 saturated heterocycles. The van der Waals surface area contributed by atoms with Crippen LogP contribution in [0, 0.1) is 5.82 Å². The first-order chi connectivity index (χ1) is 8.83. The molecule has 0 saturated carbocycles. The molecule has 1 aliphatic heterocycles. The molecule has 0 N–H and O–H groups in total. The van der Waals surface area contributed by atoms with E-state index in [1.807, 2.05) is 18.3 Å². The number of hydrogen-bond acceptors (Lipinski definition) is 2. The van der Waals surface area contributed by atoms with Gasteiger partial charge in [0.25, 0.3) is 0 Å². The van der Waals surface area contributed by atoms with Crippen LogP contribution in [0.4, 0.5) is 10.2 Å². The van der Waals surface area contributed by atoms with Gasteiger partial charge in [-0.1, -0.05) is 12.1 Å². The van der Waals surface area contributed by atoms with Gasteiger partial charge in [0.05, 0.1) is 0 Å². The van der Waals surface area contributed by atoms with Crippen molar-refractivity contribution in [1.29, 1.82) is 0 Å². The van der Waals surface area contributed by atoms with Crippen molar-refractivity contribution in [2.75, 3.05) is 18.0 Å². The van der Waals surface area contributed by atoms with Gasteiger partial charge >= 0.3 is 0 Å². The maximum absolute atomic E-state index is 12.8. The first-order valence-electron chi connectivity index (χ1n) is 6.30. The average molecular weight is 242 g/mol. The van der Waals surface area contributed by atoms with E-state index < -0.39 is 0 Å². The van der Waals surface area contributed by atoms with Crippen LogP contribution in [-0.2, 0) is 0 Å². The maximum atomic E-state index is 12.8. The van der Waals surface area contributed by atoms with Crippen LogP contribution < -0.4 is 4.90 Å². The predicted octanol–water partition coefficient (Wildman–Crippen LogP) is 3.49. The number of pyridine rings is 1. The van der Waals surface area contributed by atoms with Crippen LogP contribution in [0.5, 0.6) is 0 Å². The second kappa shape index (κ2) is 4.77. The molecule has 1 aliphatic rings. The van der Waals surface area contributed by atoms with Crippen molar-refractivity contribution in [2.24, 2.45) is 0 Å². The van der Waals surface area contributed by atoms with Gasteiger partial charge in [-0.2, -0.15) is 0 Å². The number of aromatic nitrogens is 1. The number of benzene rings is 1. The minimum atomic E-state index is -0.208. The summed E-state index contributed by atoms with van der Waals surface area (Å²) < 4.78 is 12.8. The maximum Gasteiger partial charge on any atom is 0.128 e. The Hall–Kier alpha value is -1.90. The molecule has 1 fully saturated rings. The Kier molecular flexibility index (Phi) is 2.97. The highest BCUT2D eigenvalue weighted by molar-refractivity contribution is 5.63. The van der Waals surface area contributed by atoms with E-state index in [9.17, 15) is 4.39 Å². The Balaban J connectivity index is 1.84. The van der Waals surface area contributed by atoms with Crippen molar-refractivity contribution >= 4 is 5.82 Å². The highest BCUT2D eigenvalue weighted by Crippen LogP contribution is 2.23. The third-order valence-electron chi connectivity index (χ3n) is 3.36. The van der Waals surface area contributed by atoms with Crippen LogP contribution in [-0.4, -0.2) is 18.1 Å². The van der Waals surface area contributed by atoms with Crippen molar-refractivity contribution in [1.82, 2.24) is 4.98 Å². The largest absolute Gasteiger partial charge is 0.357 e. The summed E-state index contributed by atoms with van der Waals surface area (Å²) in [5, 5.41) is 0. The molecule has 0 aliphatic carbocycles. The molecule has 0 unspecified atom stereocenters. The second-order valence-electron chi connectivity index (χ2n) is 4.61. The Morgan fingerprint density at radius 1 is 0.889 bits per heavy atom. The number of anilines is 1. The molecule has 0 spiro atoms. The highest BCUT2D eigenvalue weighted by atomic mass is 19.1.